The molecule has 0 aliphatic carbocycles. The van der Waals surface area contributed by atoms with Gasteiger partial charge in [0, 0.05) is 5.56 Å². The number of benzene rings is 2. The van der Waals surface area contributed by atoms with E-state index < -0.39 is 17.6 Å². The fourth-order valence-electron chi connectivity index (χ4n) is 1.64. The SMILES string of the molecule is CC.CC.CC(=O)c1ccc(Oc2ccc(C(F)(F)F)cc2)c(F)c1. The summed E-state index contributed by atoms with van der Waals surface area (Å²) in [4.78, 5) is 11.1. The van der Waals surface area contributed by atoms with Gasteiger partial charge in [-0.3, -0.25) is 4.79 Å². The standard InChI is InChI=1S/C15H10F4O2.2C2H6/c1-9(20)10-2-7-14(13(16)8-10)21-12-5-3-11(4-6-12)15(17,18)19;2*1-2/h2-8H,1H3;2*1-2H3. The van der Waals surface area contributed by atoms with Crippen LogP contribution in [0.15, 0.2) is 42.5 Å². The van der Waals surface area contributed by atoms with E-state index in [-0.39, 0.29) is 22.8 Å². The number of ether oxygens (including phenoxy) is 1. The second-order valence-corrected chi connectivity index (χ2v) is 4.33. The van der Waals surface area contributed by atoms with Gasteiger partial charge in [-0.2, -0.15) is 13.2 Å². The molecule has 0 bridgehead atoms. The van der Waals surface area contributed by atoms with Crippen molar-refractivity contribution in [1.29, 1.82) is 0 Å². The van der Waals surface area contributed by atoms with Gasteiger partial charge >= 0.3 is 6.18 Å². The van der Waals surface area contributed by atoms with Gasteiger partial charge in [-0.05, 0) is 49.4 Å². The van der Waals surface area contributed by atoms with Crippen molar-refractivity contribution in [2.75, 3.05) is 0 Å². The van der Waals surface area contributed by atoms with E-state index in [1.54, 1.807) is 0 Å². The molecule has 0 aliphatic heterocycles. The van der Waals surface area contributed by atoms with Gasteiger partial charge in [0.2, 0.25) is 0 Å². The monoisotopic (exact) mass is 358 g/mol. The van der Waals surface area contributed by atoms with Crippen LogP contribution in [0.4, 0.5) is 17.6 Å². The normalized spacial score (nSPS) is 9.96. The fraction of sp³-hybridized carbons (Fsp3) is 0.316. The topological polar surface area (TPSA) is 26.3 Å². The van der Waals surface area contributed by atoms with Gasteiger partial charge in [0.25, 0.3) is 0 Å². The molecule has 2 aromatic carbocycles. The van der Waals surface area contributed by atoms with Crippen molar-refractivity contribution in [1.82, 2.24) is 0 Å². The smallest absolute Gasteiger partial charge is 0.416 e. The molecule has 0 saturated heterocycles. The van der Waals surface area contributed by atoms with Gasteiger partial charge in [-0.15, -0.1) is 0 Å². The molecule has 0 unspecified atom stereocenters. The minimum Gasteiger partial charge on any atom is -0.454 e. The molecular formula is C19H22F4O2. The Morgan fingerprint density at radius 1 is 0.920 bits per heavy atom. The van der Waals surface area contributed by atoms with Crippen LogP contribution in [0.25, 0.3) is 0 Å². The first-order valence-corrected chi connectivity index (χ1v) is 7.93. The lowest BCUT2D eigenvalue weighted by atomic mass is 10.1. The Morgan fingerprint density at radius 3 is 1.84 bits per heavy atom. The van der Waals surface area contributed by atoms with Crippen LogP contribution in [0.1, 0.15) is 50.5 Å². The van der Waals surface area contributed by atoms with Gasteiger partial charge < -0.3 is 4.74 Å². The van der Waals surface area contributed by atoms with Crippen LogP contribution in [0.5, 0.6) is 11.5 Å². The lowest BCUT2D eigenvalue weighted by Gasteiger charge is -2.10. The highest BCUT2D eigenvalue weighted by atomic mass is 19.4. The average Bonchev–Trinajstić information content (AvgIpc) is 2.60. The zero-order chi connectivity index (χ0) is 19.6. The molecule has 6 heteroatoms. The zero-order valence-corrected chi connectivity index (χ0v) is 14.9. The third-order valence-electron chi connectivity index (χ3n) is 2.75. The summed E-state index contributed by atoms with van der Waals surface area (Å²) < 4.78 is 56.1. The fourth-order valence-corrected chi connectivity index (χ4v) is 1.64. The molecular weight excluding hydrogens is 336 g/mol. The number of hydrogen-bond acceptors (Lipinski definition) is 2. The van der Waals surface area contributed by atoms with Crippen molar-refractivity contribution < 1.29 is 27.1 Å². The van der Waals surface area contributed by atoms with Crippen LogP contribution < -0.4 is 4.74 Å². The average molecular weight is 358 g/mol. The molecule has 0 spiro atoms. The highest BCUT2D eigenvalue weighted by Gasteiger charge is 2.30. The molecule has 25 heavy (non-hydrogen) atoms. The number of hydrogen-bond donors (Lipinski definition) is 0. The highest BCUT2D eigenvalue weighted by molar-refractivity contribution is 5.94. The van der Waals surface area contributed by atoms with Crippen molar-refractivity contribution in [3.05, 3.63) is 59.4 Å². The van der Waals surface area contributed by atoms with E-state index >= 15 is 0 Å². The Kier molecular flexibility index (Phi) is 9.49. The van der Waals surface area contributed by atoms with Crippen LogP contribution in [0.3, 0.4) is 0 Å². The van der Waals surface area contributed by atoms with E-state index in [1.165, 1.54) is 19.1 Å². The summed E-state index contributed by atoms with van der Waals surface area (Å²) >= 11 is 0. The largest absolute Gasteiger partial charge is 0.454 e. The maximum Gasteiger partial charge on any atom is 0.416 e. The Balaban J connectivity index is 0.00000134. The zero-order valence-electron chi connectivity index (χ0n) is 14.9. The predicted molar refractivity (Wildman–Crippen MR) is 90.6 cm³/mol. The molecule has 0 amide bonds. The molecule has 2 aromatic rings. The molecule has 2 nitrogen and oxygen atoms in total. The third kappa shape index (κ3) is 6.95. The van der Waals surface area contributed by atoms with Crippen molar-refractivity contribution >= 4 is 5.78 Å². The molecule has 0 atom stereocenters. The van der Waals surface area contributed by atoms with E-state index in [4.69, 9.17) is 4.74 Å². The number of halogens is 4. The number of ketones is 1. The molecule has 138 valence electrons. The first-order valence-electron chi connectivity index (χ1n) is 7.93. The number of carbonyl (C=O) groups is 1. The Bertz CT molecular complexity index is 662. The first-order chi connectivity index (χ1) is 11.8. The minimum absolute atomic E-state index is 0.0671. The molecule has 0 aromatic heterocycles. The first kappa shape index (κ1) is 22.6. The summed E-state index contributed by atoms with van der Waals surface area (Å²) in [5, 5.41) is 0. The van der Waals surface area contributed by atoms with Crippen LogP contribution >= 0.6 is 0 Å². The third-order valence-corrected chi connectivity index (χ3v) is 2.75. The van der Waals surface area contributed by atoms with Crippen LogP contribution in [-0.2, 0) is 6.18 Å². The summed E-state index contributed by atoms with van der Waals surface area (Å²) in [6.45, 7) is 9.30. The summed E-state index contributed by atoms with van der Waals surface area (Å²) in [6.07, 6.45) is -4.44. The van der Waals surface area contributed by atoms with Crippen LogP contribution in [0, 0.1) is 5.82 Å². The predicted octanol–water partition coefficient (Wildman–Crippen LogP) is 6.89. The molecule has 0 radical (unpaired) electrons. The summed E-state index contributed by atoms with van der Waals surface area (Å²) in [5.41, 5.74) is -0.630. The maximum atomic E-state index is 13.7. The van der Waals surface area contributed by atoms with Crippen molar-refractivity contribution in [3.63, 3.8) is 0 Å². The van der Waals surface area contributed by atoms with Gasteiger partial charge in [0.1, 0.15) is 5.75 Å². The van der Waals surface area contributed by atoms with Gasteiger partial charge in [0.05, 0.1) is 5.56 Å². The highest BCUT2D eigenvalue weighted by Crippen LogP contribution is 2.32. The molecule has 0 aliphatic rings. The lowest BCUT2D eigenvalue weighted by molar-refractivity contribution is -0.137. The molecule has 0 fully saturated rings. The quantitative estimate of drug-likeness (QED) is 0.441. The number of Topliss-reactive ketones (excluding diaryl/α,β-unsaturated/α-hetero) is 1. The second-order valence-electron chi connectivity index (χ2n) is 4.33. The molecule has 0 heterocycles. The van der Waals surface area contributed by atoms with Crippen LogP contribution in [0.2, 0.25) is 0 Å². The number of carbonyl (C=O) groups excluding carboxylic acids is 1. The second kappa shape index (κ2) is 10.5. The van der Waals surface area contributed by atoms with Gasteiger partial charge in [-0.25, -0.2) is 4.39 Å². The van der Waals surface area contributed by atoms with E-state index in [9.17, 15) is 22.4 Å². The summed E-state index contributed by atoms with van der Waals surface area (Å²) in [5.74, 6) is -1.16. The minimum atomic E-state index is -4.44. The van der Waals surface area contributed by atoms with E-state index in [0.29, 0.717) is 0 Å². The Hall–Kier alpha value is -2.37. The van der Waals surface area contributed by atoms with E-state index in [0.717, 1.165) is 30.3 Å². The van der Waals surface area contributed by atoms with Crippen molar-refractivity contribution in [2.45, 2.75) is 40.8 Å². The summed E-state index contributed by atoms with van der Waals surface area (Å²) in [6, 6.07) is 7.53. The molecule has 2 rings (SSSR count). The van der Waals surface area contributed by atoms with Crippen molar-refractivity contribution in [2.24, 2.45) is 0 Å². The molecule has 0 N–H and O–H groups in total. The van der Waals surface area contributed by atoms with Crippen molar-refractivity contribution in [3.8, 4) is 11.5 Å². The summed E-state index contributed by atoms with van der Waals surface area (Å²) in [7, 11) is 0. The number of alkyl halides is 3. The Labute approximate surface area is 145 Å². The number of rotatable bonds is 3. The lowest BCUT2D eigenvalue weighted by Crippen LogP contribution is -2.04. The Morgan fingerprint density at radius 2 is 1.44 bits per heavy atom. The maximum absolute atomic E-state index is 13.7. The van der Waals surface area contributed by atoms with E-state index in [1.807, 2.05) is 27.7 Å². The van der Waals surface area contributed by atoms with Gasteiger partial charge in [-0.1, -0.05) is 27.7 Å². The van der Waals surface area contributed by atoms with E-state index in [2.05, 4.69) is 0 Å². The van der Waals surface area contributed by atoms with Gasteiger partial charge in [0.15, 0.2) is 17.3 Å². The van der Waals surface area contributed by atoms with Crippen LogP contribution in [-0.4, -0.2) is 5.78 Å². The molecule has 0 saturated carbocycles.